The van der Waals surface area contributed by atoms with E-state index in [9.17, 15) is 0 Å². The molecule has 0 aromatic heterocycles. The van der Waals surface area contributed by atoms with Crippen molar-refractivity contribution in [2.24, 2.45) is 0 Å². The molecule has 23 heavy (non-hydrogen) atoms. The van der Waals surface area contributed by atoms with Crippen LogP contribution in [-0.2, 0) is 11.3 Å². The van der Waals surface area contributed by atoms with Crippen LogP contribution in [0.3, 0.4) is 0 Å². The summed E-state index contributed by atoms with van der Waals surface area (Å²) < 4.78 is 11.6. The molecule has 1 aliphatic rings. The van der Waals surface area contributed by atoms with E-state index in [4.69, 9.17) is 4.74 Å². The second-order valence-electron chi connectivity index (χ2n) is 7.44. The van der Waals surface area contributed by atoms with Crippen LogP contribution in [0.2, 0.25) is 13.3 Å². The van der Waals surface area contributed by atoms with Gasteiger partial charge in [0.2, 0.25) is 0 Å². The molecule has 1 aliphatic heterocycles. The maximum absolute atomic E-state index is 6.11. The Morgan fingerprint density at radius 2 is 1.48 bits per heavy atom. The number of hydrogen-bond donors (Lipinski definition) is 0. The van der Waals surface area contributed by atoms with E-state index in [1.54, 1.807) is 18.9 Å². The predicted octanol–water partition coefficient (Wildman–Crippen LogP) is 6.69. The molecule has 0 amide bonds. The molecule has 0 N–H and O–H groups in total. The van der Waals surface area contributed by atoms with Gasteiger partial charge in [-0.15, -0.1) is 0 Å². The van der Waals surface area contributed by atoms with Crippen molar-refractivity contribution >= 4 is 18.4 Å². The van der Waals surface area contributed by atoms with E-state index in [1.807, 2.05) is 0 Å². The van der Waals surface area contributed by atoms with E-state index in [-0.39, 0.29) is 0 Å². The van der Waals surface area contributed by atoms with Crippen molar-refractivity contribution in [2.45, 2.75) is 83.1 Å². The molecule has 1 unspecified atom stereocenters. The van der Waals surface area contributed by atoms with Gasteiger partial charge in [0, 0.05) is 0 Å². The molecule has 1 aromatic rings. The molecule has 0 saturated heterocycles. The number of fused-ring (bicyclic) bond motifs is 1. The number of hydrogen-bond acceptors (Lipinski definition) is 1. The van der Waals surface area contributed by atoms with E-state index >= 15 is 0 Å². The molecule has 0 saturated carbocycles. The zero-order valence-corrected chi connectivity index (χ0v) is 18.4. The Kier molecular flexibility index (Phi) is 8.46. The molecule has 0 spiro atoms. The number of unbranched alkanes of at least 4 members (excludes halogenated alkanes) is 3. The van der Waals surface area contributed by atoms with Gasteiger partial charge in [0.1, 0.15) is 0 Å². The summed E-state index contributed by atoms with van der Waals surface area (Å²) in [6, 6.07) is 9.18. The monoisotopic (exact) mass is 424 g/mol. The van der Waals surface area contributed by atoms with Crippen LogP contribution in [-0.4, -0.2) is 25.0 Å². The first kappa shape index (κ1) is 19.3. The van der Waals surface area contributed by atoms with Crippen LogP contribution >= 0.6 is 0 Å². The van der Waals surface area contributed by atoms with Gasteiger partial charge in [-0.2, -0.15) is 0 Å². The summed E-state index contributed by atoms with van der Waals surface area (Å²) in [5.41, 5.74) is 3.16. The van der Waals surface area contributed by atoms with Crippen molar-refractivity contribution in [2.75, 3.05) is 6.61 Å². The van der Waals surface area contributed by atoms with Gasteiger partial charge >= 0.3 is 148 Å². The third kappa shape index (κ3) is 4.98. The molecule has 1 atom stereocenters. The van der Waals surface area contributed by atoms with Crippen molar-refractivity contribution in [1.29, 1.82) is 0 Å². The summed E-state index contributed by atoms with van der Waals surface area (Å²) >= 11 is -2.24. The van der Waals surface area contributed by atoms with Crippen LogP contribution in [0.25, 0.3) is 0 Å². The zero-order valence-electron chi connectivity index (χ0n) is 15.6. The Morgan fingerprint density at radius 1 is 0.913 bits per heavy atom. The first-order valence-electron chi connectivity index (χ1n) is 9.93. The Labute approximate surface area is 148 Å². The number of rotatable bonds is 10. The van der Waals surface area contributed by atoms with Gasteiger partial charge < -0.3 is 0 Å². The van der Waals surface area contributed by atoms with Crippen LogP contribution in [0.1, 0.15) is 74.4 Å². The summed E-state index contributed by atoms with van der Waals surface area (Å²) in [6.07, 6.45) is 8.40. The molecule has 1 nitrogen and oxygen atoms in total. The van der Waals surface area contributed by atoms with Crippen LogP contribution in [0.4, 0.5) is 0 Å². The quantitative estimate of drug-likeness (QED) is 0.381. The standard InChI is InChI=1S/C9H9O.3C4H9.Sn/c1-2-4-9-7-10-6-5-8(9)3-1;3*1-3-4-2;/h1-5H,6-7H2;3*1,3-4H2,2H3;. The molecule has 0 bridgehead atoms. The Bertz CT molecular complexity index is 435. The number of benzene rings is 1. The summed E-state index contributed by atoms with van der Waals surface area (Å²) in [5, 5.41) is 0. The van der Waals surface area contributed by atoms with Crippen LogP contribution in [0.5, 0.6) is 0 Å². The third-order valence-electron chi connectivity index (χ3n) is 5.80. The van der Waals surface area contributed by atoms with Crippen molar-refractivity contribution in [3.05, 3.63) is 35.4 Å². The van der Waals surface area contributed by atoms with Crippen molar-refractivity contribution in [1.82, 2.24) is 0 Å². The third-order valence-corrected chi connectivity index (χ3v) is 22.9. The zero-order chi connectivity index (χ0) is 16.5. The molecule has 2 rings (SSSR count). The second kappa shape index (κ2) is 10.1. The van der Waals surface area contributed by atoms with Gasteiger partial charge in [0.25, 0.3) is 0 Å². The molecule has 130 valence electrons. The van der Waals surface area contributed by atoms with E-state index in [0.29, 0.717) is 0 Å². The predicted molar refractivity (Wildman–Crippen MR) is 104 cm³/mol. The molecular weight excluding hydrogens is 387 g/mol. The van der Waals surface area contributed by atoms with E-state index in [1.165, 1.54) is 44.1 Å². The Balaban J connectivity index is 2.33. The molecule has 0 fully saturated rings. The minimum absolute atomic E-state index is 0.805. The molecular formula is C21H36OSn. The topological polar surface area (TPSA) is 9.23 Å². The van der Waals surface area contributed by atoms with Crippen LogP contribution in [0.15, 0.2) is 24.3 Å². The van der Waals surface area contributed by atoms with Gasteiger partial charge in [-0.1, -0.05) is 0 Å². The molecule has 1 aromatic carbocycles. The maximum atomic E-state index is 6.11. The SMILES string of the molecule is CCC[CH2][Sn]([CH2]CCC)([CH2]CCC)[CH]1COCc2ccccc21. The van der Waals surface area contributed by atoms with Crippen molar-refractivity contribution in [3.8, 4) is 0 Å². The average molecular weight is 423 g/mol. The van der Waals surface area contributed by atoms with Gasteiger partial charge in [0.15, 0.2) is 0 Å². The van der Waals surface area contributed by atoms with Gasteiger partial charge in [-0.3, -0.25) is 0 Å². The molecule has 0 aliphatic carbocycles. The van der Waals surface area contributed by atoms with E-state index in [2.05, 4.69) is 45.0 Å². The van der Waals surface area contributed by atoms with Crippen molar-refractivity contribution in [3.63, 3.8) is 0 Å². The first-order valence-corrected chi connectivity index (χ1v) is 17.6. The molecule has 0 radical (unpaired) electrons. The fraction of sp³-hybridized carbons (Fsp3) is 0.714. The fourth-order valence-corrected chi connectivity index (χ4v) is 22.6. The summed E-state index contributed by atoms with van der Waals surface area (Å²) in [4.78, 5) is 0. The Morgan fingerprint density at radius 3 is 2.04 bits per heavy atom. The van der Waals surface area contributed by atoms with Gasteiger partial charge in [-0.25, -0.2) is 0 Å². The number of ether oxygens (including phenoxy) is 1. The Hall–Kier alpha value is -0.0213. The van der Waals surface area contributed by atoms with Crippen LogP contribution in [0, 0.1) is 0 Å². The summed E-state index contributed by atoms with van der Waals surface area (Å²) in [7, 11) is 0. The molecule has 2 heteroatoms. The summed E-state index contributed by atoms with van der Waals surface area (Å²) in [6.45, 7) is 8.94. The average Bonchev–Trinajstić information content (AvgIpc) is 2.61. The van der Waals surface area contributed by atoms with E-state index in [0.717, 1.165) is 17.1 Å². The van der Waals surface area contributed by atoms with Gasteiger partial charge in [0.05, 0.1) is 0 Å². The van der Waals surface area contributed by atoms with Crippen LogP contribution < -0.4 is 0 Å². The first-order chi connectivity index (χ1) is 11.3. The second-order valence-corrected chi connectivity index (χ2v) is 21.5. The minimum atomic E-state index is -2.24. The van der Waals surface area contributed by atoms with E-state index < -0.39 is 18.4 Å². The summed E-state index contributed by atoms with van der Waals surface area (Å²) in [5.74, 6) is 0. The fourth-order valence-electron chi connectivity index (χ4n) is 4.37. The van der Waals surface area contributed by atoms with Gasteiger partial charge in [-0.05, 0) is 0 Å². The normalized spacial score (nSPS) is 18.0. The molecule has 1 heterocycles. The van der Waals surface area contributed by atoms with Crippen molar-refractivity contribution < 1.29 is 4.74 Å².